The molecule has 0 aliphatic heterocycles. The number of nitrogens with zero attached hydrogens (tertiary/aromatic N) is 1. The van der Waals surface area contributed by atoms with Crippen molar-refractivity contribution in [3.05, 3.63) is 16.1 Å². The molecule has 1 aromatic heterocycles. The van der Waals surface area contributed by atoms with E-state index in [9.17, 15) is 0 Å². The van der Waals surface area contributed by atoms with Crippen molar-refractivity contribution in [3.63, 3.8) is 0 Å². The number of hydrogen-bond donors (Lipinski definition) is 1. The highest BCUT2D eigenvalue weighted by Crippen LogP contribution is 2.57. The van der Waals surface area contributed by atoms with Gasteiger partial charge in [0, 0.05) is 24.4 Å². The van der Waals surface area contributed by atoms with Gasteiger partial charge in [-0.25, -0.2) is 4.98 Å². The lowest BCUT2D eigenvalue weighted by Crippen LogP contribution is -2.06. The molecule has 0 aromatic carbocycles. The second-order valence-corrected chi connectivity index (χ2v) is 5.37. The fourth-order valence-electron chi connectivity index (χ4n) is 1.90. The molecule has 0 amide bonds. The molecule has 0 saturated heterocycles. The van der Waals surface area contributed by atoms with Crippen molar-refractivity contribution in [3.8, 4) is 0 Å². The molecule has 1 aliphatic rings. The highest BCUT2D eigenvalue weighted by molar-refractivity contribution is 7.09. The molecule has 3 nitrogen and oxygen atoms in total. The average Bonchev–Trinajstić information content (AvgIpc) is 2.52. The summed E-state index contributed by atoms with van der Waals surface area (Å²) in [6, 6.07) is 0.264. The standard InChI is InChI=1S/C10H16N2OS/c1-10(2)8(9(10)11)6-5-14-7(12-6)4-13-3/h5,8-9H,4,11H2,1-3H3/t8-,9-/m0/s1. The third-order valence-corrected chi connectivity index (χ3v) is 3.91. The van der Waals surface area contributed by atoms with Crippen LogP contribution < -0.4 is 5.73 Å². The Labute approximate surface area is 88.3 Å². The quantitative estimate of drug-likeness (QED) is 0.830. The van der Waals surface area contributed by atoms with Gasteiger partial charge in [0.25, 0.3) is 0 Å². The highest BCUT2D eigenvalue weighted by Gasteiger charge is 2.57. The minimum absolute atomic E-state index is 0.221. The predicted molar refractivity (Wildman–Crippen MR) is 57.3 cm³/mol. The third kappa shape index (κ3) is 1.47. The van der Waals surface area contributed by atoms with Crippen molar-refractivity contribution < 1.29 is 4.74 Å². The van der Waals surface area contributed by atoms with Crippen LogP contribution in [0.25, 0.3) is 0 Å². The summed E-state index contributed by atoms with van der Waals surface area (Å²) < 4.78 is 5.04. The zero-order valence-electron chi connectivity index (χ0n) is 8.78. The lowest BCUT2D eigenvalue weighted by atomic mass is 10.1. The van der Waals surface area contributed by atoms with E-state index in [-0.39, 0.29) is 11.5 Å². The number of methoxy groups -OCH3 is 1. The van der Waals surface area contributed by atoms with E-state index in [4.69, 9.17) is 10.5 Å². The summed E-state index contributed by atoms with van der Waals surface area (Å²) in [6.07, 6.45) is 0. The monoisotopic (exact) mass is 212 g/mol. The summed E-state index contributed by atoms with van der Waals surface area (Å²) in [5.74, 6) is 0.435. The first-order valence-corrected chi connectivity index (χ1v) is 5.64. The minimum Gasteiger partial charge on any atom is -0.378 e. The Bertz CT molecular complexity index is 335. The molecule has 0 bridgehead atoms. The first kappa shape index (κ1) is 10.1. The lowest BCUT2D eigenvalue weighted by Gasteiger charge is -1.97. The zero-order chi connectivity index (χ0) is 10.3. The molecule has 1 saturated carbocycles. The summed E-state index contributed by atoms with van der Waals surface area (Å²) in [5.41, 5.74) is 7.35. The number of hydrogen-bond acceptors (Lipinski definition) is 4. The molecule has 4 heteroatoms. The normalized spacial score (nSPS) is 29.1. The molecule has 0 unspecified atom stereocenters. The summed E-state index contributed by atoms with van der Waals surface area (Å²) in [6.45, 7) is 4.99. The molecule has 0 spiro atoms. The van der Waals surface area contributed by atoms with E-state index in [0.29, 0.717) is 12.5 Å². The maximum Gasteiger partial charge on any atom is 0.119 e. The molecule has 1 fully saturated rings. The molecule has 1 aliphatic carbocycles. The van der Waals surface area contributed by atoms with Gasteiger partial charge in [0.15, 0.2) is 0 Å². The van der Waals surface area contributed by atoms with Gasteiger partial charge in [0.2, 0.25) is 0 Å². The van der Waals surface area contributed by atoms with Gasteiger partial charge in [-0.1, -0.05) is 13.8 Å². The Hall–Kier alpha value is -0.450. The van der Waals surface area contributed by atoms with Crippen LogP contribution in [0.3, 0.4) is 0 Å². The fraction of sp³-hybridized carbons (Fsp3) is 0.700. The van der Waals surface area contributed by atoms with Crippen molar-refractivity contribution in [2.75, 3.05) is 7.11 Å². The highest BCUT2D eigenvalue weighted by atomic mass is 32.1. The Balaban J connectivity index is 2.12. The van der Waals surface area contributed by atoms with Crippen LogP contribution in [0.1, 0.15) is 30.5 Å². The van der Waals surface area contributed by atoms with E-state index in [0.717, 1.165) is 10.7 Å². The van der Waals surface area contributed by atoms with Crippen LogP contribution in [0.2, 0.25) is 0 Å². The second kappa shape index (κ2) is 3.29. The van der Waals surface area contributed by atoms with Crippen molar-refractivity contribution in [1.82, 2.24) is 4.98 Å². The van der Waals surface area contributed by atoms with Gasteiger partial charge in [-0.3, -0.25) is 0 Å². The van der Waals surface area contributed by atoms with Crippen molar-refractivity contribution in [2.45, 2.75) is 32.4 Å². The Kier molecular flexibility index (Phi) is 2.37. The average molecular weight is 212 g/mol. The third-order valence-electron chi connectivity index (χ3n) is 3.07. The smallest absolute Gasteiger partial charge is 0.119 e. The van der Waals surface area contributed by atoms with Gasteiger partial charge in [-0.2, -0.15) is 0 Å². The molecule has 14 heavy (non-hydrogen) atoms. The van der Waals surface area contributed by atoms with Crippen LogP contribution in [0.5, 0.6) is 0 Å². The van der Waals surface area contributed by atoms with Crippen LogP contribution in [-0.2, 0) is 11.3 Å². The van der Waals surface area contributed by atoms with E-state index in [2.05, 4.69) is 24.2 Å². The SMILES string of the molecule is COCc1nc([C@H]2[C@H](N)C2(C)C)cs1. The van der Waals surface area contributed by atoms with Crippen LogP contribution >= 0.6 is 11.3 Å². The van der Waals surface area contributed by atoms with Crippen molar-refractivity contribution >= 4 is 11.3 Å². The van der Waals surface area contributed by atoms with Crippen molar-refractivity contribution in [1.29, 1.82) is 0 Å². The number of rotatable bonds is 3. The first-order valence-electron chi connectivity index (χ1n) is 4.76. The van der Waals surface area contributed by atoms with E-state index in [1.165, 1.54) is 0 Å². The molecule has 1 heterocycles. The van der Waals surface area contributed by atoms with Gasteiger partial charge in [-0.15, -0.1) is 11.3 Å². The van der Waals surface area contributed by atoms with Gasteiger partial charge >= 0.3 is 0 Å². The second-order valence-electron chi connectivity index (χ2n) is 4.42. The van der Waals surface area contributed by atoms with Gasteiger partial charge in [0.1, 0.15) is 5.01 Å². The molecule has 1 aromatic rings. The van der Waals surface area contributed by atoms with Crippen LogP contribution in [0, 0.1) is 5.41 Å². The largest absolute Gasteiger partial charge is 0.378 e. The Morgan fingerprint density at radius 1 is 1.64 bits per heavy atom. The lowest BCUT2D eigenvalue weighted by molar-refractivity contribution is 0.184. The summed E-state index contributed by atoms with van der Waals surface area (Å²) >= 11 is 1.65. The summed E-state index contributed by atoms with van der Waals surface area (Å²) in [5, 5.41) is 3.14. The predicted octanol–water partition coefficient (Wildman–Crippen LogP) is 1.74. The Morgan fingerprint density at radius 2 is 2.29 bits per heavy atom. The molecular weight excluding hydrogens is 196 g/mol. The summed E-state index contributed by atoms with van der Waals surface area (Å²) in [7, 11) is 1.69. The minimum atomic E-state index is 0.221. The van der Waals surface area contributed by atoms with E-state index in [1.54, 1.807) is 18.4 Å². The van der Waals surface area contributed by atoms with Crippen molar-refractivity contribution in [2.24, 2.45) is 11.1 Å². The van der Waals surface area contributed by atoms with E-state index < -0.39 is 0 Å². The molecule has 2 rings (SSSR count). The number of ether oxygens (including phenoxy) is 1. The number of aromatic nitrogens is 1. The van der Waals surface area contributed by atoms with Crippen LogP contribution in [-0.4, -0.2) is 18.1 Å². The maximum atomic E-state index is 5.99. The van der Waals surface area contributed by atoms with Gasteiger partial charge < -0.3 is 10.5 Å². The topological polar surface area (TPSA) is 48.1 Å². The molecule has 78 valence electrons. The van der Waals surface area contributed by atoms with Crippen LogP contribution in [0.15, 0.2) is 5.38 Å². The molecule has 2 N–H and O–H groups in total. The van der Waals surface area contributed by atoms with Gasteiger partial charge in [-0.05, 0) is 5.41 Å². The molecule has 0 radical (unpaired) electrons. The summed E-state index contributed by atoms with van der Waals surface area (Å²) in [4.78, 5) is 4.52. The van der Waals surface area contributed by atoms with Gasteiger partial charge in [0.05, 0.1) is 12.3 Å². The van der Waals surface area contributed by atoms with E-state index in [1.807, 2.05) is 0 Å². The van der Waals surface area contributed by atoms with Crippen LogP contribution in [0.4, 0.5) is 0 Å². The first-order chi connectivity index (χ1) is 6.57. The maximum absolute atomic E-state index is 5.99. The zero-order valence-corrected chi connectivity index (χ0v) is 9.60. The molecular formula is C10H16N2OS. The number of nitrogens with two attached hydrogens (primary N) is 1. The Morgan fingerprint density at radius 3 is 2.79 bits per heavy atom. The fourth-order valence-corrected chi connectivity index (χ4v) is 2.70. The number of thiazole rings is 1. The molecule has 2 atom stereocenters. The van der Waals surface area contributed by atoms with E-state index >= 15 is 0 Å².